The van der Waals surface area contributed by atoms with Gasteiger partial charge in [-0.15, -0.1) is 12.4 Å². The van der Waals surface area contributed by atoms with Crippen molar-refractivity contribution in [3.63, 3.8) is 0 Å². The van der Waals surface area contributed by atoms with Gasteiger partial charge in [0.2, 0.25) is 0 Å². The van der Waals surface area contributed by atoms with Crippen LogP contribution in [0.2, 0.25) is 0 Å². The molecule has 0 aliphatic heterocycles. The van der Waals surface area contributed by atoms with Crippen LogP contribution in [0.25, 0.3) is 0 Å². The van der Waals surface area contributed by atoms with Crippen LogP contribution < -0.4 is 10.5 Å². The monoisotopic (exact) mass is 227 g/mol. The highest BCUT2D eigenvalue weighted by atomic mass is 35.5. The third-order valence-corrected chi connectivity index (χ3v) is 2.75. The zero-order valence-corrected chi connectivity index (χ0v) is 10.1. The second-order valence-corrected chi connectivity index (χ2v) is 4.42. The highest BCUT2D eigenvalue weighted by molar-refractivity contribution is 5.85. The average molecular weight is 228 g/mol. The van der Waals surface area contributed by atoms with Crippen molar-refractivity contribution in [2.45, 2.75) is 32.2 Å². The van der Waals surface area contributed by atoms with Gasteiger partial charge in [-0.3, -0.25) is 0 Å². The fraction of sp³-hybridized carbons (Fsp3) is 0.500. The third kappa shape index (κ3) is 3.11. The Bertz CT molecular complexity index is 347. The van der Waals surface area contributed by atoms with Gasteiger partial charge in [-0.25, -0.2) is 0 Å². The van der Waals surface area contributed by atoms with Gasteiger partial charge in [-0.2, -0.15) is 0 Å². The summed E-state index contributed by atoms with van der Waals surface area (Å²) in [6.45, 7) is 4.78. The van der Waals surface area contributed by atoms with Crippen LogP contribution >= 0.6 is 12.4 Å². The highest BCUT2D eigenvalue weighted by Gasteiger charge is 2.39. The molecule has 2 rings (SSSR count). The molecule has 1 saturated carbocycles. The Kier molecular flexibility index (Phi) is 3.63. The molecule has 0 heterocycles. The van der Waals surface area contributed by atoms with Gasteiger partial charge in [0.25, 0.3) is 0 Å². The zero-order chi connectivity index (χ0) is 10.2. The molecule has 15 heavy (non-hydrogen) atoms. The van der Waals surface area contributed by atoms with Crippen LogP contribution in [-0.4, -0.2) is 12.1 Å². The van der Waals surface area contributed by atoms with E-state index in [1.165, 1.54) is 11.1 Å². The minimum absolute atomic E-state index is 0. The van der Waals surface area contributed by atoms with Crippen molar-refractivity contribution < 1.29 is 4.74 Å². The molecule has 2 N–H and O–H groups in total. The Morgan fingerprint density at radius 1 is 1.33 bits per heavy atom. The summed E-state index contributed by atoms with van der Waals surface area (Å²) in [6, 6.07) is 6.25. The van der Waals surface area contributed by atoms with Crippen molar-refractivity contribution in [2.24, 2.45) is 5.73 Å². The number of nitrogens with two attached hydrogens (primary N) is 1. The Hall–Kier alpha value is -0.730. The largest absolute Gasteiger partial charge is 0.491 e. The van der Waals surface area contributed by atoms with Crippen LogP contribution in [0.15, 0.2) is 18.2 Å². The zero-order valence-electron chi connectivity index (χ0n) is 9.25. The predicted octanol–water partition coefficient (Wildman–Crippen LogP) is 2.60. The van der Waals surface area contributed by atoms with E-state index >= 15 is 0 Å². The second-order valence-electron chi connectivity index (χ2n) is 4.42. The molecule has 1 fully saturated rings. The van der Waals surface area contributed by atoms with Crippen molar-refractivity contribution in [3.8, 4) is 5.75 Å². The molecule has 0 saturated heterocycles. The average Bonchev–Trinajstić information content (AvgIpc) is 2.87. The van der Waals surface area contributed by atoms with Crippen LogP contribution in [0.5, 0.6) is 5.75 Å². The van der Waals surface area contributed by atoms with E-state index in [-0.39, 0.29) is 17.9 Å². The molecule has 0 spiro atoms. The lowest BCUT2D eigenvalue weighted by molar-refractivity contribution is 0.277. The molecule has 84 valence electrons. The summed E-state index contributed by atoms with van der Waals surface area (Å²) in [5, 5.41) is 0. The number of aryl methyl sites for hydroxylation is 2. The lowest BCUT2D eigenvalue weighted by Gasteiger charge is -2.13. The predicted molar refractivity (Wildman–Crippen MR) is 64.8 cm³/mol. The first-order valence-electron chi connectivity index (χ1n) is 5.08. The molecular weight excluding hydrogens is 210 g/mol. The maximum absolute atomic E-state index is 5.96. The molecule has 3 heteroatoms. The van der Waals surface area contributed by atoms with E-state index in [2.05, 4.69) is 32.0 Å². The number of hydrogen-bond donors (Lipinski definition) is 1. The Labute approximate surface area is 97.2 Å². The first-order valence-corrected chi connectivity index (χ1v) is 5.08. The summed E-state index contributed by atoms with van der Waals surface area (Å²) in [5.74, 6) is 0.974. The van der Waals surface area contributed by atoms with Gasteiger partial charge >= 0.3 is 0 Å². The number of hydrogen-bond acceptors (Lipinski definition) is 2. The molecular formula is C12H18ClNO. The molecule has 1 aromatic carbocycles. The van der Waals surface area contributed by atoms with Crippen molar-refractivity contribution >= 4 is 12.4 Å². The summed E-state index contributed by atoms with van der Waals surface area (Å²) in [7, 11) is 0. The number of benzene rings is 1. The summed E-state index contributed by atoms with van der Waals surface area (Å²) in [5.41, 5.74) is 8.34. The Morgan fingerprint density at radius 2 is 2.00 bits per heavy atom. The Morgan fingerprint density at radius 3 is 2.60 bits per heavy atom. The molecule has 0 aromatic heterocycles. The molecule has 1 aliphatic carbocycles. The molecule has 2 nitrogen and oxygen atoms in total. The fourth-order valence-corrected chi connectivity index (χ4v) is 1.39. The molecule has 1 aromatic rings. The smallest absolute Gasteiger partial charge is 0.122 e. The summed E-state index contributed by atoms with van der Waals surface area (Å²) < 4.78 is 5.72. The fourth-order valence-electron chi connectivity index (χ4n) is 1.39. The van der Waals surface area contributed by atoms with E-state index in [0.717, 1.165) is 18.6 Å². The van der Waals surface area contributed by atoms with E-state index in [9.17, 15) is 0 Å². The second kappa shape index (κ2) is 4.42. The number of rotatable bonds is 3. The van der Waals surface area contributed by atoms with Crippen LogP contribution in [0, 0.1) is 13.8 Å². The van der Waals surface area contributed by atoms with Crippen molar-refractivity contribution in [3.05, 3.63) is 29.3 Å². The molecule has 0 bridgehead atoms. The normalized spacial score (nSPS) is 16.7. The standard InChI is InChI=1S/C12H17NO.ClH/c1-9-3-4-10(2)11(7-9)14-8-12(13)5-6-12;/h3-4,7H,5-6,8,13H2,1-2H3;1H. The van der Waals surface area contributed by atoms with Crippen LogP contribution in [-0.2, 0) is 0 Å². The highest BCUT2D eigenvalue weighted by Crippen LogP contribution is 2.33. The van der Waals surface area contributed by atoms with Crippen LogP contribution in [0.1, 0.15) is 24.0 Å². The molecule has 1 aliphatic rings. The first kappa shape index (κ1) is 12.3. The minimum Gasteiger partial charge on any atom is -0.491 e. The van der Waals surface area contributed by atoms with Crippen LogP contribution in [0.4, 0.5) is 0 Å². The maximum Gasteiger partial charge on any atom is 0.122 e. The van der Waals surface area contributed by atoms with Gasteiger partial charge in [0.05, 0.1) is 5.54 Å². The van der Waals surface area contributed by atoms with E-state index in [0.29, 0.717) is 6.61 Å². The lowest BCUT2D eigenvalue weighted by Crippen LogP contribution is -2.29. The van der Waals surface area contributed by atoms with E-state index in [4.69, 9.17) is 10.5 Å². The SMILES string of the molecule is Cc1ccc(C)c(OCC2(N)CC2)c1.Cl. The van der Waals surface area contributed by atoms with Crippen molar-refractivity contribution in [2.75, 3.05) is 6.61 Å². The van der Waals surface area contributed by atoms with Crippen LogP contribution in [0.3, 0.4) is 0 Å². The van der Waals surface area contributed by atoms with Crippen molar-refractivity contribution in [1.82, 2.24) is 0 Å². The molecule has 0 amide bonds. The summed E-state index contributed by atoms with van der Waals surface area (Å²) in [4.78, 5) is 0. The first-order chi connectivity index (χ1) is 6.59. The maximum atomic E-state index is 5.96. The number of halogens is 1. The minimum atomic E-state index is -0.0316. The summed E-state index contributed by atoms with van der Waals surface area (Å²) in [6.07, 6.45) is 2.19. The Balaban J connectivity index is 0.00000112. The van der Waals surface area contributed by atoms with E-state index in [1.54, 1.807) is 0 Å². The third-order valence-electron chi connectivity index (χ3n) is 2.75. The van der Waals surface area contributed by atoms with Gasteiger partial charge in [0, 0.05) is 0 Å². The van der Waals surface area contributed by atoms with Gasteiger partial charge in [0.15, 0.2) is 0 Å². The number of ether oxygens (including phenoxy) is 1. The van der Waals surface area contributed by atoms with E-state index < -0.39 is 0 Å². The quantitative estimate of drug-likeness (QED) is 0.862. The van der Waals surface area contributed by atoms with Gasteiger partial charge in [-0.1, -0.05) is 12.1 Å². The molecule has 0 radical (unpaired) electrons. The van der Waals surface area contributed by atoms with E-state index in [1.807, 2.05) is 0 Å². The van der Waals surface area contributed by atoms with Crippen molar-refractivity contribution in [1.29, 1.82) is 0 Å². The van der Waals surface area contributed by atoms with Gasteiger partial charge in [0.1, 0.15) is 12.4 Å². The molecule has 0 unspecified atom stereocenters. The topological polar surface area (TPSA) is 35.2 Å². The van der Waals surface area contributed by atoms with Gasteiger partial charge in [-0.05, 0) is 43.9 Å². The van der Waals surface area contributed by atoms with Gasteiger partial charge < -0.3 is 10.5 Å². The summed E-state index contributed by atoms with van der Waals surface area (Å²) >= 11 is 0. The molecule has 0 atom stereocenters. The lowest BCUT2D eigenvalue weighted by atomic mass is 10.1.